The van der Waals surface area contributed by atoms with Crippen LogP contribution in [0.4, 0.5) is 4.39 Å². The highest BCUT2D eigenvalue weighted by Crippen LogP contribution is 2.21. The molecule has 2 unspecified atom stereocenters. The predicted molar refractivity (Wildman–Crippen MR) is 80.8 cm³/mol. The van der Waals surface area contributed by atoms with Gasteiger partial charge in [0.25, 0.3) is 0 Å². The fourth-order valence-electron chi connectivity index (χ4n) is 2.79. The molecule has 1 saturated heterocycles. The van der Waals surface area contributed by atoms with E-state index in [0.29, 0.717) is 23.1 Å². The van der Waals surface area contributed by atoms with Crippen molar-refractivity contribution in [1.82, 2.24) is 5.32 Å². The van der Waals surface area contributed by atoms with Crippen LogP contribution >= 0.6 is 11.6 Å². The third kappa shape index (κ3) is 4.72. The average Bonchev–Trinajstić information content (AvgIpc) is 2.93. The molecule has 4 heteroatoms. The Hall–Kier alpha value is -0.640. The summed E-state index contributed by atoms with van der Waals surface area (Å²) < 4.78 is 19.5. The number of ether oxygens (including phenoxy) is 1. The summed E-state index contributed by atoms with van der Waals surface area (Å²) in [7, 11) is 0. The molecule has 1 aromatic carbocycles. The van der Waals surface area contributed by atoms with Gasteiger partial charge in [-0.1, -0.05) is 18.5 Å². The Kier molecular flexibility index (Phi) is 6.27. The van der Waals surface area contributed by atoms with Crippen LogP contribution in [-0.4, -0.2) is 25.3 Å². The number of rotatable bonds is 7. The fraction of sp³-hybridized carbons (Fsp3) is 0.625. The fourth-order valence-corrected chi connectivity index (χ4v) is 2.98. The molecular weight excluding hydrogens is 277 g/mol. The minimum atomic E-state index is -0.172. The molecule has 2 rings (SSSR count). The molecule has 2 nitrogen and oxygen atoms in total. The lowest BCUT2D eigenvalue weighted by molar-refractivity contribution is 0.0996. The third-order valence-electron chi connectivity index (χ3n) is 3.83. The lowest BCUT2D eigenvalue weighted by Crippen LogP contribution is -2.32. The second kappa shape index (κ2) is 7.96. The Morgan fingerprint density at radius 1 is 1.50 bits per heavy atom. The summed E-state index contributed by atoms with van der Waals surface area (Å²) in [5.41, 5.74) is 0.691. The van der Waals surface area contributed by atoms with Crippen molar-refractivity contribution in [2.75, 3.05) is 13.2 Å². The van der Waals surface area contributed by atoms with Crippen molar-refractivity contribution in [3.8, 4) is 0 Å². The molecule has 1 heterocycles. The van der Waals surface area contributed by atoms with Crippen molar-refractivity contribution in [3.63, 3.8) is 0 Å². The first kappa shape index (κ1) is 15.7. The van der Waals surface area contributed by atoms with Gasteiger partial charge in [-0.2, -0.15) is 0 Å². The summed E-state index contributed by atoms with van der Waals surface area (Å²) in [6, 6.07) is 5.04. The topological polar surface area (TPSA) is 21.3 Å². The normalized spacial score (nSPS) is 20.2. The van der Waals surface area contributed by atoms with Gasteiger partial charge in [0, 0.05) is 17.7 Å². The zero-order chi connectivity index (χ0) is 14.4. The van der Waals surface area contributed by atoms with Gasteiger partial charge in [-0.15, -0.1) is 0 Å². The number of nitrogens with one attached hydrogen (secondary N) is 1. The molecule has 0 aromatic heterocycles. The van der Waals surface area contributed by atoms with E-state index >= 15 is 0 Å². The number of halogens is 2. The molecular formula is C16H23ClFNO. The maximum Gasteiger partial charge on any atom is 0.126 e. The van der Waals surface area contributed by atoms with Crippen molar-refractivity contribution in [3.05, 3.63) is 34.6 Å². The molecule has 1 aliphatic heterocycles. The van der Waals surface area contributed by atoms with E-state index in [4.69, 9.17) is 16.3 Å². The number of benzene rings is 1. The molecule has 20 heavy (non-hydrogen) atoms. The van der Waals surface area contributed by atoms with Crippen molar-refractivity contribution in [2.24, 2.45) is 0 Å². The van der Waals surface area contributed by atoms with Gasteiger partial charge >= 0.3 is 0 Å². The van der Waals surface area contributed by atoms with Crippen LogP contribution < -0.4 is 5.32 Å². The van der Waals surface area contributed by atoms with Crippen LogP contribution in [0.1, 0.15) is 38.2 Å². The smallest absolute Gasteiger partial charge is 0.126 e. The van der Waals surface area contributed by atoms with Crippen LogP contribution in [0.2, 0.25) is 5.02 Å². The summed E-state index contributed by atoms with van der Waals surface area (Å²) in [5, 5.41) is 4.03. The first-order valence-corrected chi connectivity index (χ1v) is 7.85. The molecule has 1 fully saturated rings. The van der Waals surface area contributed by atoms with E-state index in [1.54, 1.807) is 12.1 Å². The molecule has 1 N–H and O–H groups in total. The monoisotopic (exact) mass is 299 g/mol. The molecule has 1 aromatic rings. The maximum atomic E-state index is 13.8. The van der Waals surface area contributed by atoms with Gasteiger partial charge in [-0.05, 0) is 62.4 Å². The molecule has 0 saturated carbocycles. The molecule has 112 valence electrons. The van der Waals surface area contributed by atoms with Crippen molar-refractivity contribution >= 4 is 11.6 Å². The van der Waals surface area contributed by atoms with Gasteiger partial charge in [0.1, 0.15) is 5.82 Å². The number of hydrogen-bond acceptors (Lipinski definition) is 2. The van der Waals surface area contributed by atoms with Gasteiger partial charge in [-0.25, -0.2) is 4.39 Å². The Labute approximate surface area is 125 Å². The molecule has 0 aliphatic carbocycles. The standard InChI is InChI=1S/C16H23ClFNO/c1-2-19-14(6-7-15-4-3-9-20-15)11-12-10-13(17)5-8-16(12)18/h5,8,10,14-15,19H,2-4,6-7,9,11H2,1H3. The van der Waals surface area contributed by atoms with Crippen molar-refractivity contribution < 1.29 is 9.13 Å². The maximum absolute atomic E-state index is 13.8. The summed E-state index contributed by atoms with van der Waals surface area (Å²) in [4.78, 5) is 0. The van der Waals surface area contributed by atoms with Crippen LogP contribution in [0, 0.1) is 5.82 Å². The Bertz CT molecular complexity index is 421. The zero-order valence-electron chi connectivity index (χ0n) is 12.0. The Morgan fingerprint density at radius 3 is 3.05 bits per heavy atom. The molecule has 1 aliphatic rings. The summed E-state index contributed by atoms with van der Waals surface area (Å²) in [6.07, 6.45) is 5.43. The van der Waals surface area contributed by atoms with Crippen LogP contribution in [-0.2, 0) is 11.2 Å². The van der Waals surface area contributed by atoms with E-state index < -0.39 is 0 Å². The highest BCUT2D eigenvalue weighted by molar-refractivity contribution is 6.30. The molecule has 0 spiro atoms. The average molecular weight is 300 g/mol. The lowest BCUT2D eigenvalue weighted by Gasteiger charge is -2.20. The van der Waals surface area contributed by atoms with Crippen LogP contribution in [0.25, 0.3) is 0 Å². The minimum absolute atomic E-state index is 0.172. The Morgan fingerprint density at radius 2 is 2.35 bits per heavy atom. The SMILES string of the molecule is CCNC(CCC1CCCO1)Cc1cc(Cl)ccc1F. The largest absolute Gasteiger partial charge is 0.378 e. The van der Waals surface area contributed by atoms with Crippen LogP contribution in [0.5, 0.6) is 0 Å². The highest BCUT2D eigenvalue weighted by atomic mass is 35.5. The molecule has 0 bridgehead atoms. The summed E-state index contributed by atoms with van der Waals surface area (Å²) in [6.45, 7) is 3.85. The Balaban J connectivity index is 1.91. The minimum Gasteiger partial charge on any atom is -0.378 e. The molecule has 2 atom stereocenters. The number of likely N-dealkylation sites (N-methyl/N-ethyl adjacent to an activating group) is 1. The van der Waals surface area contributed by atoms with Crippen LogP contribution in [0.15, 0.2) is 18.2 Å². The zero-order valence-corrected chi connectivity index (χ0v) is 12.8. The van der Waals surface area contributed by atoms with E-state index in [9.17, 15) is 4.39 Å². The van der Waals surface area contributed by atoms with Crippen molar-refractivity contribution in [1.29, 1.82) is 0 Å². The second-order valence-corrected chi connectivity index (χ2v) is 5.84. The molecule has 0 radical (unpaired) electrons. The van der Waals surface area contributed by atoms with Crippen molar-refractivity contribution in [2.45, 2.75) is 51.2 Å². The predicted octanol–water partition coefficient (Wildman–Crippen LogP) is 3.96. The summed E-state index contributed by atoms with van der Waals surface area (Å²) >= 11 is 5.95. The highest BCUT2D eigenvalue weighted by Gasteiger charge is 2.18. The van der Waals surface area contributed by atoms with Gasteiger partial charge < -0.3 is 10.1 Å². The quantitative estimate of drug-likeness (QED) is 0.823. The van der Waals surface area contributed by atoms with E-state index in [2.05, 4.69) is 12.2 Å². The van der Waals surface area contributed by atoms with Gasteiger partial charge in [-0.3, -0.25) is 0 Å². The first-order chi connectivity index (χ1) is 9.69. The van der Waals surface area contributed by atoms with E-state index in [1.807, 2.05) is 0 Å². The first-order valence-electron chi connectivity index (χ1n) is 7.48. The lowest BCUT2D eigenvalue weighted by atomic mass is 9.99. The third-order valence-corrected chi connectivity index (χ3v) is 4.06. The second-order valence-electron chi connectivity index (χ2n) is 5.41. The number of hydrogen-bond donors (Lipinski definition) is 1. The molecule has 0 amide bonds. The van der Waals surface area contributed by atoms with E-state index in [-0.39, 0.29) is 11.9 Å². The summed E-state index contributed by atoms with van der Waals surface area (Å²) in [5.74, 6) is -0.172. The van der Waals surface area contributed by atoms with E-state index in [1.165, 1.54) is 12.5 Å². The van der Waals surface area contributed by atoms with E-state index in [0.717, 1.165) is 32.4 Å². The van der Waals surface area contributed by atoms with Gasteiger partial charge in [0.05, 0.1) is 6.10 Å². The van der Waals surface area contributed by atoms with Gasteiger partial charge in [0.15, 0.2) is 0 Å². The van der Waals surface area contributed by atoms with Crippen LogP contribution in [0.3, 0.4) is 0 Å². The van der Waals surface area contributed by atoms with Gasteiger partial charge in [0.2, 0.25) is 0 Å².